The van der Waals surface area contributed by atoms with E-state index in [1.165, 1.54) is 19.3 Å². The Morgan fingerprint density at radius 3 is 2.22 bits per heavy atom. The molecule has 4 nitrogen and oxygen atoms in total. The van der Waals surface area contributed by atoms with Crippen molar-refractivity contribution in [3.05, 3.63) is 11.8 Å². The Morgan fingerprint density at radius 1 is 1.22 bits per heavy atom. The van der Waals surface area contributed by atoms with Gasteiger partial charge in [-0.15, -0.1) is 0 Å². The van der Waals surface area contributed by atoms with Gasteiger partial charge in [-0.3, -0.25) is 9.89 Å². The van der Waals surface area contributed by atoms with Crippen LogP contribution in [0.25, 0.3) is 0 Å². The number of H-pyrrole nitrogens is 1. The first-order valence-corrected chi connectivity index (χ1v) is 7.00. The molecule has 0 amide bonds. The van der Waals surface area contributed by atoms with E-state index in [0.717, 1.165) is 37.0 Å². The van der Waals surface area contributed by atoms with Gasteiger partial charge in [0.15, 0.2) is 5.78 Å². The fourth-order valence-corrected chi connectivity index (χ4v) is 5.15. The third-order valence-corrected chi connectivity index (χ3v) is 5.43. The van der Waals surface area contributed by atoms with Gasteiger partial charge in [-0.05, 0) is 56.3 Å². The summed E-state index contributed by atoms with van der Waals surface area (Å²) in [5.41, 5.74) is 6.34. The van der Waals surface area contributed by atoms with E-state index in [-0.39, 0.29) is 11.2 Å². The summed E-state index contributed by atoms with van der Waals surface area (Å²) >= 11 is 0. The number of carbonyl (C=O) groups is 1. The van der Waals surface area contributed by atoms with Gasteiger partial charge in [0, 0.05) is 5.41 Å². The zero-order valence-electron chi connectivity index (χ0n) is 10.5. The Kier molecular flexibility index (Phi) is 1.98. The molecule has 0 aliphatic heterocycles. The van der Waals surface area contributed by atoms with Gasteiger partial charge in [0.05, 0.1) is 11.8 Å². The van der Waals surface area contributed by atoms with Gasteiger partial charge in [-0.1, -0.05) is 0 Å². The first-order chi connectivity index (χ1) is 8.66. The number of nitrogens with two attached hydrogens (primary N) is 1. The summed E-state index contributed by atoms with van der Waals surface area (Å²) in [6, 6.07) is 0. The van der Waals surface area contributed by atoms with E-state index in [1.807, 2.05) is 0 Å². The van der Waals surface area contributed by atoms with Crippen molar-refractivity contribution < 1.29 is 4.79 Å². The quantitative estimate of drug-likeness (QED) is 0.786. The molecule has 4 saturated carbocycles. The Morgan fingerprint density at radius 2 is 1.78 bits per heavy atom. The molecular weight excluding hydrogens is 226 g/mol. The van der Waals surface area contributed by atoms with Crippen molar-refractivity contribution in [2.75, 3.05) is 5.73 Å². The average Bonchev–Trinajstić information content (AvgIpc) is 2.72. The van der Waals surface area contributed by atoms with Crippen LogP contribution in [0.2, 0.25) is 0 Å². The number of anilines is 1. The molecule has 0 aromatic carbocycles. The second-order valence-corrected chi connectivity index (χ2v) is 6.72. The lowest BCUT2D eigenvalue weighted by molar-refractivity contribution is -0.0352. The Hall–Kier alpha value is -1.32. The van der Waals surface area contributed by atoms with Crippen LogP contribution in [0, 0.1) is 23.2 Å². The van der Waals surface area contributed by atoms with E-state index in [4.69, 9.17) is 5.73 Å². The topological polar surface area (TPSA) is 71.8 Å². The molecule has 4 heteroatoms. The van der Waals surface area contributed by atoms with Gasteiger partial charge < -0.3 is 5.73 Å². The smallest absolute Gasteiger partial charge is 0.174 e. The third kappa shape index (κ3) is 1.32. The molecule has 0 radical (unpaired) electrons. The number of nitrogens with zero attached hydrogens (tertiary/aromatic N) is 1. The van der Waals surface area contributed by atoms with Crippen molar-refractivity contribution in [3.63, 3.8) is 0 Å². The highest BCUT2D eigenvalue weighted by Crippen LogP contribution is 2.61. The van der Waals surface area contributed by atoms with Crippen LogP contribution in [0.4, 0.5) is 5.82 Å². The maximum atomic E-state index is 12.8. The zero-order chi connectivity index (χ0) is 12.3. The summed E-state index contributed by atoms with van der Waals surface area (Å²) in [5.74, 6) is 3.05. The van der Waals surface area contributed by atoms with Crippen LogP contribution in [0.15, 0.2) is 6.20 Å². The van der Waals surface area contributed by atoms with Crippen molar-refractivity contribution in [2.24, 2.45) is 23.2 Å². The second-order valence-electron chi connectivity index (χ2n) is 6.72. The fourth-order valence-electron chi connectivity index (χ4n) is 5.15. The number of rotatable bonds is 2. The lowest BCUT2D eigenvalue weighted by atomic mass is 9.48. The average molecular weight is 245 g/mol. The molecule has 0 spiro atoms. The van der Waals surface area contributed by atoms with Crippen LogP contribution in [0.3, 0.4) is 0 Å². The predicted molar refractivity (Wildman–Crippen MR) is 67.9 cm³/mol. The van der Waals surface area contributed by atoms with Crippen LogP contribution in [-0.4, -0.2) is 16.0 Å². The molecule has 1 aromatic heterocycles. The molecule has 4 aliphatic rings. The maximum Gasteiger partial charge on any atom is 0.174 e. The first-order valence-electron chi connectivity index (χ1n) is 7.00. The monoisotopic (exact) mass is 245 g/mol. The number of aromatic amines is 1. The summed E-state index contributed by atoms with van der Waals surface area (Å²) in [5, 5.41) is 6.59. The number of ketones is 1. The van der Waals surface area contributed by atoms with Gasteiger partial charge in [-0.2, -0.15) is 5.10 Å². The van der Waals surface area contributed by atoms with E-state index in [2.05, 4.69) is 10.2 Å². The Bertz CT molecular complexity index is 470. The van der Waals surface area contributed by atoms with Crippen molar-refractivity contribution in [1.29, 1.82) is 0 Å². The molecule has 1 heterocycles. The number of nitrogens with one attached hydrogen (secondary N) is 1. The summed E-state index contributed by atoms with van der Waals surface area (Å²) < 4.78 is 0. The van der Waals surface area contributed by atoms with Gasteiger partial charge in [0.1, 0.15) is 5.82 Å². The minimum Gasteiger partial charge on any atom is -0.383 e. The Balaban J connectivity index is 1.72. The number of hydrogen-bond acceptors (Lipinski definition) is 3. The third-order valence-electron chi connectivity index (χ3n) is 5.43. The number of hydrogen-bond donors (Lipinski definition) is 2. The molecule has 0 atom stereocenters. The van der Waals surface area contributed by atoms with Crippen molar-refractivity contribution in [2.45, 2.75) is 38.5 Å². The summed E-state index contributed by atoms with van der Waals surface area (Å²) in [6.45, 7) is 0. The molecule has 0 saturated heterocycles. The molecule has 0 unspecified atom stereocenters. The Labute approximate surface area is 106 Å². The minimum atomic E-state index is -0.104. The second kappa shape index (κ2) is 3.37. The van der Waals surface area contributed by atoms with E-state index in [0.29, 0.717) is 11.4 Å². The standard InChI is InChI=1S/C14H19N3O/c15-13-11(7-16-17-13)12(18)14-4-8-1-9(5-14)3-10(2-8)6-14/h7-10H,1-6H2,(H3,15,16,17). The highest BCUT2D eigenvalue weighted by atomic mass is 16.1. The molecule has 3 N–H and O–H groups in total. The molecule has 96 valence electrons. The lowest BCUT2D eigenvalue weighted by Crippen LogP contribution is -2.50. The largest absolute Gasteiger partial charge is 0.383 e. The highest BCUT2D eigenvalue weighted by molar-refractivity contribution is 6.04. The van der Waals surface area contributed by atoms with E-state index in [1.54, 1.807) is 6.20 Å². The van der Waals surface area contributed by atoms with Crippen molar-refractivity contribution >= 4 is 11.6 Å². The van der Waals surface area contributed by atoms with Gasteiger partial charge in [0.2, 0.25) is 0 Å². The number of Topliss-reactive ketones (excluding diaryl/α,β-unsaturated/α-hetero) is 1. The molecule has 4 fully saturated rings. The predicted octanol–water partition coefficient (Wildman–Crippen LogP) is 2.39. The van der Waals surface area contributed by atoms with Crippen molar-refractivity contribution in [3.8, 4) is 0 Å². The lowest BCUT2D eigenvalue weighted by Gasteiger charge is -2.55. The SMILES string of the molecule is Nc1[nH]ncc1C(=O)C12CC3CC(CC(C3)C1)C2. The van der Waals surface area contributed by atoms with E-state index < -0.39 is 0 Å². The van der Waals surface area contributed by atoms with E-state index >= 15 is 0 Å². The maximum absolute atomic E-state index is 12.8. The normalized spacial score (nSPS) is 41.2. The summed E-state index contributed by atoms with van der Waals surface area (Å²) in [6.07, 6.45) is 8.93. The highest BCUT2D eigenvalue weighted by Gasteiger charge is 2.54. The molecular formula is C14H19N3O. The number of carbonyl (C=O) groups excluding carboxylic acids is 1. The molecule has 5 rings (SSSR count). The van der Waals surface area contributed by atoms with Crippen LogP contribution in [0.5, 0.6) is 0 Å². The van der Waals surface area contributed by atoms with Gasteiger partial charge in [-0.25, -0.2) is 0 Å². The molecule has 4 bridgehead atoms. The van der Waals surface area contributed by atoms with Crippen LogP contribution < -0.4 is 5.73 Å². The summed E-state index contributed by atoms with van der Waals surface area (Å²) in [4.78, 5) is 12.8. The molecule has 4 aliphatic carbocycles. The van der Waals surface area contributed by atoms with E-state index in [9.17, 15) is 4.79 Å². The first kappa shape index (κ1) is 10.6. The van der Waals surface area contributed by atoms with Crippen LogP contribution in [-0.2, 0) is 0 Å². The van der Waals surface area contributed by atoms with Crippen LogP contribution >= 0.6 is 0 Å². The number of nitrogen functional groups attached to an aromatic ring is 1. The molecule has 1 aromatic rings. The van der Waals surface area contributed by atoms with Gasteiger partial charge >= 0.3 is 0 Å². The van der Waals surface area contributed by atoms with Crippen molar-refractivity contribution in [1.82, 2.24) is 10.2 Å². The number of aromatic nitrogens is 2. The molecule has 18 heavy (non-hydrogen) atoms. The zero-order valence-corrected chi connectivity index (χ0v) is 10.5. The minimum absolute atomic E-state index is 0.104. The van der Waals surface area contributed by atoms with Gasteiger partial charge in [0.25, 0.3) is 0 Å². The fraction of sp³-hybridized carbons (Fsp3) is 0.714. The van der Waals surface area contributed by atoms with Crippen LogP contribution in [0.1, 0.15) is 48.9 Å². The summed E-state index contributed by atoms with van der Waals surface area (Å²) in [7, 11) is 0.